The van der Waals surface area contributed by atoms with Crippen molar-refractivity contribution in [1.29, 1.82) is 5.26 Å². The van der Waals surface area contributed by atoms with E-state index in [0.29, 0.717) is 17.5 Å². The summed E-state index contributed by atoms with van der Waals surface area (Å²) in [6.07, 6.45) is 0.381. The first kappa shape index (κ1) is 20.2. The van der Waals surface area contributed by atoms with E-state index >= 15 is 0 Å². The van der Waals surface area contributed by atoms with Gasteiger partial charge in [0, 0.05) is 13.3 Å². The van der Waals surface area contributed by atoms with Crippen molar-refractivity contribution in [2.24, 2.45) is 5.92 Å². The number of carboxylic acids is 1. The SMILES string of the molecule is CC(=O)N[C@@H](CC(C)C)C(=O)N[C@@H](Cc1ccccc1C#N)C(=O)O. The molecular formula is C18H23N3O4. The van der Waals surface area contributed by atoms with Crippen molar-refractivity contribution in [2.75, 3.05) is 0 Å². The molecule has 2 amide bonds. The Balaban J connectivity index is 2.92. The molecule has 7 nitrogen and oxygen atoms in total. The van der Waals surface area contributed by atoms with Gasteiger partial charge in [-0.05, 0) is 24.0 Å². The Bertz CT molecular complexity index is 679. The van der Waals surface area contributed by atoms with Gasteiger partial charge in [-0.3, -0.25) is 9.59 Å². The highest BCUT2D eigenvalue weighted by molar-refractivity contribution is 5.90. The molecule has 1 aromatic rings. The number of amides is 2. The first-order valence-electron chi connectivity index (χ1n) is 8.02. The molecule has 0 aromatic heterocycles. The maximum atomic E-state index is 12.4. The first-order valence-corrected chi connectivity index (χ1v) is 8.02. The number of rotatable bonds is 8. The van der Waals surface area contributed by atoms with E-state index < -0.39 is 24.0 Å². The Hall–Kier alpha value is -2.88. The maximum Gasteiger partial charge on any atom is 0.326 e. The van der Waals surface area contributed by atoms with Crippen LogP contribution >= 0.6 is 0 Å². The van der Waals surface area contributed by atoms with Crippen LogP contribution < -0.4 is 10.6 Å². The van der Waals surface area contributed by atoms with Crippen molar-refractivity contribution < 1.29 is 19.5 Å². The topological polar surface area (TPSA) is 119 Å². The number of benzene rings is 1. The predicted molar refractivity (Wildman–Crippen MR) is 91.5 cm³/mol. The van der Waals surface area contributed by atoms with Crippen molar-refractivity contribution in [3.05, 3.63) is 35.4 Å². The number of nitrogens with zero attached hydrogens (tertiary/aromatic N) is 1. The summed E-state index contributed by atoms with van der Waals surface area (Å²) >= 11 is 0. The lowest BCUT2D eigenvalue weighted by molar-refractivity contribution is -0.142. The number of carbonyl (C=O) groups is 3. The summed E-state index contributed by atoms with van der Waals surface area (Å²) in [6.45, 7) is 5.11. The van der Waals surface area contributed by atoms with Gasteiger partial charge in [-0.25, -0.2) is 4.79 Å². The van der Waals surface area contributed by atoms with E-state index in [-0.39, 0.29) is 18.2 Å². The summed E-state index contributed by atoms with van der Waals surface area (Å²) in [7, 11) is 0. The quantitative estimate of drug-likeness (QED) is 0.654. The van der Waals surface area contributed by atoms with Gasteiger partial charge >= 0.3 is 5.97 Å². The Morgan fingerprint density at radius 2 is 1.80 bits per heavy atom. The summed E-state index contributed by atoms with van der Waals surface area (Å²) in [4.78, 5) is 35.2. The van der Waals surface area contributed by atoms with Crippen LogP contribution in [-0.2, 0) is 20.8 Å². The fraction of sp³-hybridized carbons (Fsp3) is 0.444. The van der Waals surface area contributed by atoms with Crippen molar-refractivity contribution in [3.63, 3.8) is 0 Å². The molecule has 0 saturated carbocycles. The van der Waals surface area contributed by atoms with Crippen molar-refractivity contribution in [2.45, 2.75) is 45.7 Å². The Morgan fingerprint density at radius 3 is 2.32 bits per heavy atom. The Labute approximate surface area is 147 Å². The monoisotopic (exact) mass is 345 g/mol. The van der Waals surface area contributed by atoms with Crippen LogP contribution in [0.4, 0.5) is 0 Å². The fourth-order valence-electron chi connectivity index (χ4n) is 2.45. The fourth-order valence-corrected chi connectivity index (χ4v) is 2.45. The molecule has 0 unspecified atom stereocenters. The lowest BCUT2D eigenvalue weighted by Crippen LogP contribution is -2.52. The van der Waals surface area contributed by atoms with Crippen LogP contribution in [0.5, 0.6) is 0 Å². The van der Waals surface area contributed by atoms with E-state index in [0.717, 1.165) is 0 Å². The molecule has 0 heterocycles. The molecule has 0 aliphatic rings. The van der Waals surface area contributed by atoms with Gasteiger partial charge < -0.3 is 15.7 Å². The minimum absolute atomic E-state index is 0.0146. The first-order chi connectivity index (χ1) is 11.7. The minimum Gasteiger partial charge on any atom is -0.480 e. The van der Waals surface area contributed by atoms with Gasteiger partial charge in [0.1, 0.15) is 12.1 Å². The van der Waals surface area contributed by atoms with Gasteiger partial charge in [0.15, 0.2) is 0 Å². The minimum atomic E-state index is -1.20. The molecule has 0 fully saturated rings. The number of aliphatic carboxylic acids is 1. The Morgan fingerprint density at radius 1 is 1.16 bits per heavy atom. The second-order valence-corrected chi connectivity index (χ2v) is 6.26. The normalized spacial score (nSPS) is 12.8. The van der Waals surface area contributed by atoms with Crippen molar-refractivity contribution in [3.8, 4) is 6.07 Å². The molecule has 0 radical (unpaired) electrons. The number of hydrogen-bond donors (Lipinski definition) is 3. The average molecular weight is 345 g/mol. The second kappa shape index (κ2) is 9.42. The van der Waals surface area contributed by atoms with E-state index in [2.05, 4.69) is 10.6 Å². The van der Waals surface area contributed by atoms with Crippen LogP contribution in [0.2, 0.25) is 0 Å². The third kappa shape index (κ3) is 6.63. The number of carboxylic acid groups (broad SMARTS) is 1. The van der Waals surface area contributed by atoms with Gasteiger partial charge in [0.05, 0.1) is 11.6 Å². The van der Waals surface area contributed by atoms with Crippen LogP contribution in [0.25, 0.3) is 0 Å². The molecule has 7 heteroatoms. The van der Waals surface area contributed by atoms with Crippen molar-refractivity contribution in [1.82, 2.24) is 10.6 Å². The van der Waals surface area contributed by atoms with Crippen LogP contribution in [0.3, 0.4) is 0 Å². The number of nitrogens with one attached hydrogen (secondary N) is 2. The smallest absolute Gasteiger partial charge is 0.326 e. The molecule has 134 valence electrons. The summed E-state index contributed by atoms with van der Waals surface area (Å²) < 4.78 is 0. The van der Waals surface area contributed by atoms with E-state index in [1.807, 2.05) is 19.9 Å². The molecule has 25 heavy (non-hydrogen) atoms. The largest absolute Gasteiger partial charge is 0.480 e. The van der Waals surface area contributed by atoms with Crippen LogP contribution in [0.1, 0.15) is 38.3 Å². The van der Waals surface area contributed by atoms with Crippen molar-refractivity contribution >= 4 is 17.8 Å². The highest BCUT2D eigenvalue weighted by Crippen LogP contribution is 2.11. The third-order valence-electron chi connectivity index (χ3n) is 3.58. The number of hydrogen-bond acceptors (Lipinski definition) is 4. The van der Waals surface area contributed by atoms with E-state index in [4.69, 9.17) is 5.26 Å². The standard InChI is InChI=1S/C18H23N3O4/c1-11(2)8-15(20-12(3)22)17(23)21-16(18(24)25)9-13-6-4-5-7-14(13)10-19/h4-7,11,15-16H,8-9H2,1-3H3,(H,20,22)(H,21,23)(H,24,25)/t15-,16-/m0/s1. The zero-order valence-corrected chi connectivity index (χ0v) is 14.6. The van der Waals surface area contributed by atoms with E-state index in [9.17, 15) is 19.5 Å². The highest BCUT2D eigenvalue weighted by Gasteiger charge is 2.27. The lowest BCUT2D eigenvalue weighted by Gasteiger charge is -2.22. The summed E-state index contributed by atoms with van der Waals surface area (Å²) in [5.74, 6) is -1.97. The van der Waals surface area contributed by atoms with Crippen LogP contribution in [-0.4, -0.2) is 35.0 Å². The van der Waals surface area contributed by atoms with E-state index in [1.165, 1.54) is 6.92 Å². The van der Waals surface area contributed by atoms with Crippen LogP contribution in [0, 0.1) is 17.2 Å². The second-order valence-electron chi connectivity index (χ2n) is 6.26. The molecule has 1 aromatic carbocycles. The lowest BCUT2D eigenvalue weighted by atomic mass is 9.99. The van der Waals surface area contributed by atoms with Gasteiger partial charge in [-0.1, -0.05) is 32.0 Å². The number of nitriles is 1. The number of carbonyl (C=O) groups excluding carboxylic acids is 2. The summed E-state index contributed by atoms with van der Waals surface area (Å²) in [5, 5.41) is 23.5. The molecule has 0 spiro atoms. The molecule has 3 N–H and O–H groups in total. The van der Waals surface area contributed by atoms with Gasteiger partial charge in [0.25, 0.3) is 0 Å². The molecule has 0 saturated heterocycles. The van der Waals surface area contributed by atoms with Gasteiger partial charge in [0.2, 0.25) is 11.8 Å². The molecule has 0 aliphatic carbocycles. The Kier molecular flexibility index (Phi) is 7.60. The summed E-state index contributed by atoms with van der Waals surface area (Å²) in [5.41, 5.74) is 0.904. The van der Waals surface area contributed by atoms with E-state index in [1.54, 1.807) is 24.3 Å². The predicted octanol–water partition coefficient (Wildman–Crippen LogP) is 1.22. The third-order valence-corrected chi connectivity index (χ3v) is 3.58. The molecule has 0 bridgehead atoms. The average Bonchev–Trinajstić information content (AvgIpc) is 2.52. The maximum absolute atomic E-state index is 12.4. The van der Waals surface area contributed by atoms with Crippen LogP contribution in [0.15, 0.2) is 24.3 Å². The summed E-state index contributed by atoms with van der Waals surface area (Å²) in [6, 6.07) is 6.65. The molecular weight excluding hydrogens is 322 g/mol. The van der Waals surface area contributed by atoms with Gasteiger partial charge in [-0.2, -0.15) is 5.26 Å². The highest BCUT2D eigenvalue weighted by atomic mass is 16.4. The zero-order chi connectivity index (χ0) is 19.0. The molecule has 1 rings (SSSR count). The molecule has 0 aliphatic heterocycles. The molecule has 2 atom stereocenters. The zero-order valence-electron chi connectivity index (χ0n) is 14.6. The van der Waals surface area contributed by atoms with Gasteiger partial charge in [-0.15, -0.1) is 0 Å².